The molecule has 2 aliphatic heterocycles. The summed E-state index contributed by atoms with van der Waals surface area (Å²) in [7, 11) is 0. The molecule has 1 amide bonds. The van der Waals surface area contributed by atoms with Crippen molar-refractivity contribution in [1.82, 2.24) is 5.32 Å². The minimum atomic E-state index is -1.78. The molecule has 14 heteroatoms. The van der Waals surface area contributed by atoms with Crippen molar-refractivity contribution >= 4 is 5.91 Å². The van der Waals surface area contributed by atoms with Gasteiger partial charge in [-0.15, -0.1) is 0 Å². The van der Waals surface area contributed by atoms with Crippen molar-refractivity contribution in [2.75, 3.05) is 19.8 Å². The van der Waals surface area contributed by atoms with Gasteiger partial charge in [-0.05, 0) is 51.4 Å². The lowest BCUT2D eigenvalue weighted by atomic mass is 9.97. The Hall–Kier alpha value is -2.05. The fraction of sp³-hybridized carbons (Fsp3) is 0.890. The molecule has 2 rings (SSSR count). The number of carbonyl (C=O) groups is 1. The van der Waals surface area contributed by atoms with E-state index in [1.165, 1.54) is 270 Å². The van der Waals surface area contributed by atoms with Crippen molar-refractivity contribution in [3.8, 4) is 0 Å². The Morgan fingerprint density at radius 1 is 0.385 bits per heavy atom. The standard InChI is InChI=1S/C82H153NO13/c1-3-5-7-9-11-13-15-17-19-21-23-25-27-29-31-33-34-35-36-38-39-41-43-45-47-49-51-53-55-57-59-61-63-65-71(86)70(69-93-81-79(92)77(90)80(73(68-85)95-81)96-82-78(91)76(89)75(88)72(67-84)94-82)83-74(87)66-64-62-60-58-56-54-52-50-48-46-44-42-40-37-32-30-28-26-24-22-20-18-16-14-12-10-8-6-4-2/h6,8,12,14,18,20,24,26,70-73,75-82,84-86,88-92H,3-5,7,9-11,13,15-17,19,21-23,25,27-69H2,1-2H3,(H,83,87)/b8-6-,14-12-,20-18-,26-24-. The molecule has 2 heterocycles. The lowest BCUT2D eigenvalue weighted by molar-refractivity contribution is -0.359. The van der Waals surface area contributed by atoms with Gasteiger partial charge in [0.05, 0.1) is 32.0 Å². The molecule has 12 atom stereocenters. The topological polar surface area (TPSA) is 228 Å². The molecule has 564 valence electrons. The zero-order chi connectivity index (χ0) is 69.4. The zero-order valence-corrected chi connectivity index (χ0v) is 61.9. The number of hydrogen-bond acceptors (Lipinski definition) is 13. The summed E-state index contributed by atoms with van der Waals surface area (Å²) in [5, 5.41) is 87.9. The van der Waals surface area contributed by atoms with Crippen LogP contribution < -0.4 is 5.32 Å². The lowest BCUT2D eigenvalue weighted by Gasteiger charge is -2.46. The third-order valence-electron chi connectivity index (χ3n) is 20.1. The number of aliphatic hydroxyl groups is 8. The van der Waals surface area contributed by atoms with Crippen LogP contribution in [0.3, 0.4) is 0 Å². The van der Waals surface area contributed by atoms with Crippen LogP contribution in [0.1, 0.15) is 373 Å². The molecule has 0 aromatic heterocycles. The number of hydrogen-bond donors (Lipinski definition) is 9. The summed E-state index contributed by atoms with van der Waals surface area (Å²) in [6.45, 7) is 2.81. The van der Waals surface area contributed by atoms with Gasteiger partial charge in [0.25, 0.3) is 0 Å². The normalized spacial score (nSPS) is 22.4. The number of nitrogens with one attached hydrogen (secondary N) is 1. The van der Waals surface area contributed by atoms with E-state index >= 15 is 0 Å². The first-order valence-corrected chi connectivity index (χ1v) is 40.9. The lowest BCUT2D eigenvalue weighted by Crippen LogP contribution is -2.65. The van der Waals surface area contributed by atoms with Gasteiger partial charge in [0.15, 0.2) is 12.6 Å². The van der Waals surface area contributed by atoms with Gasteiger partial charge in [0.1, 0.15) is 48.8 Å². The van der Waals surface area contributed by atoms with Gasteiger partial charge in [-0.2, -0.15) is 0 Å². The Balaban J connectivity index is 1.60. The monoisotopic (exact) mass is 1360 g/mol. The Kier molecular flexibility index (Phi) is 62.1. The maximum absolute atomic E-state index is 13.4. The third-order valence-corrected chi connectivity index (χ3v) is 20.1. The van der Waals surface area contributed by atoms with Crippen molar-refractivity contribution in [2.24, 2.45) is 0 Å². The van der Waals surface area contributed by atoms with E-state index in [1.54, 1.807) is 0 Å². The maximum atomic E-state index is 13.4. The predicted octanol–water partition coefficient (Wildman–Crippen LogP) is 18.6. The second kappa shape index (κ2) is 66.2. The summed E-state index contributed by atoms with van der Waals surface area (Å²) in [6.07, 6.45) is 71.6. The van der Waals surface area contributed by atoms with E-state index in [1.807, 2.05) is 0 Å². The molecule has 9 N–H and O–H groups in total. The Labute approximate surface area is 588 Å². The summed E-state index contributed by atoms with van der Waals surface area (Å²) >= 11 is 0. The van der Waals surface area contributed by atoms with Crippen molar-refractivity contribution in [3.05, 3.63) is 48.6 Å². The fourth-order valence-electron chi connectivity index (χ4n) is 13.6. The van der Waals surface area contributed by atoms with Gasteiger partial charge in [-0.3, -0.25) is 4.79 Å². The molecule has 0 aliphatic carbocycles. The molecular weight excluding hydrogens is 1210 g/mol. The van der Waals surface area contributed by atoms with Gasteiger partial charge in [0, 0.05) is 6.42 Å². The van der Waals surface area contributed by atoms with E-state index in [0.29, 0.717) is 12.8 Å². The van der Waals surface area contributed by atoms with Crippen molar-refractivity contribution < 1.29 is 64.6 Å². The highest BCUT2D eigenvalue weighted by Crippen LogP contribution is 2.30. The number of allylic oxidation sites excluding steroid dienone is 8. The SMILES string of the molecule is CC/C=C\C/C=C\C/C=C\C/C=C\CCCCCCCCCCCCCCCCCCC(=O)NC(COC1OC(CO)C(OC2OC(CO)C(O)C(O)C2O)C(O)C1O)C(O)CCCCCCCCCCCCCCCCCCCCCCCCCCCCCCCCCCC. The van der Waals surface area contributed by atoms with Crippen LogP contribution in [0.25, 0.3) is 0 Å². The van der Waals surface area contributed by atoms with E-state index in [4.69, 9.17) is 18.9 Å². The van der Waals surface area contributed by atoms with E-state index < -0.39 is 86.8 Å². The number of ether oxygens (including phenoxy) is 4. The summed E-state index contributed by atoms with van der Waals surface area (Å²) in [6, 6.07) is -0.832. The number of carbonyl (C=O) groups excluding carboxylic acids is 1. The van der Waals surface area contributed by atoms with Crippen molar-refractivity contribution in [1.29, 1.82) is 0 Å². The van der Waals surface area contributed by atoms with Crippen LogP contribution in [0.2, 0.25) is 0 Å². The first-order valence-electron chi connectivity index (χ1n) is 40.9. The van der Waals surface area contributed by atoms with E-state index in [0.717, 1.165) is 77.0 Å². The maximum Gasteiger partial charge on any atom is 0.220 e. The minimum Gasteiger partial charge on any atom is -0.394 e. The van der Waals surface area contributed by atoms with E-state index in [9.17, 15) is 45.6 Å². The number of unbranched alkanes of at least 4 members (excludes halogenated alkanes) is 48. The van der Waals surface area contributed by atoms with Crippen LogP contribution >= 0.6 is 0 Å². The summed E-state index contributed by atoms with van der Waals surface area (Å²) in [5.74, 6) is -0.201. The van der Waals surface area contributed by atoms with Crippen LogP contribution in [-0.2, 0) is 23.7 Å². The van der Waals surface area contributed by atoms with Gasteiger partial charge < -0.3 is 65.1 Å². The Morgan fingerprint density at radius 2 is 0.719 bits per heavy atom. The highest BCUT2D eigenvalue weighted by Gasteiger charge is 2.51. The average Bonchev–Trinajstić information content (AvgIpc) is 0.854. The van der Waals surface area contributed by atoms with Crippen LogP contribution in [0, 0.1) is 0 Å². The highest BCUT2D eigenvalue weighted by atomic mass is 16.7. The van der Waals surface area contributed by atoms with Gasteiger partial charge in [0.2, 0.25) is 5.91 Å². The van der Waals surface area contributed by atoms with Crippen molar-refractivity contribution in [2.45, 2.75) is 447 Å². The summed E-state index contributed by atoms with van der Waals surface area (Å²) in [4.78, 5) is 13.4. The molecule has 0 bridgehead atoms. The number of amides is 1. The van der Waals surface area contributed by atoms with Gasteiger partial charge in [-0.25, -0.2) is 0 Å². The Morgan fingerprint density at radius 3 is 1.10 bits per heavy atom. The van der Waals surface area contributed by atoms with Gasteiger partial charge >= 0.3 is 0 Å². The smallest absolute Gasteiger partial charge is 0.220 e. The quantitative estimate of drug-likeness (QED) is 0.0204. The van der Waals surface area contributed by atoms with E-state index in [-0.39, 0.29) is 12.5 Å². The van der Waals surface area contributed by atoms with E-state index in [2.05, 4.69) is 67.8 Å². The Bertz CT molecular complexity index is 1800. The molecule has 12 unspecified atom stereocenters. The molecule has 2 saturated heterocycles. The molecular formula is C82H153NO13. The van der Waals surface area contributed by atoms with Crippen LogP contribution in [-0.4, -0.2) is 140 Å². The largest absolute Gasteiger partial charge is 0.394 e. The second-order valence-corrected chi connectivity index (χ2v) is 28.9. The second-order valence-electron chi connectivity index (χ2n) is 28.9. The molecule has 0 aromatic rings. The molecule has 0 aromatic carbocycles. The van der Waals surface area contributed by atoms with Crippen molar-refractivity contribution in [3.63, 3.8) is 0 Å². The van der Waals surface area contributed by atoms with Crippen LogP contribution in [0.15, 0.2) is 48.6 Å². The van der Waals surface area contributed by atoms with Crippen LogP contribution in [0.5, 0.6) is 0 Å². The molecule has 14 nitrogen and oxygen atoms in total. The molecule has 96 heavy (non-hydrogen) atoms. The molecule has 0 spiro atoms. The van der Waals surface area contributed by atoms with Gasteiger partial charge in [-0.1, -0.05) is 364 Å². The predicted molar refractivity (Wildman–Crippen MR) is 397 cm³/mol. The molecule has 2 fully saturated rings. The highest BCUT2D eigenvalue weighted by molar-refractivity contribution is 5.76. The fourth-order valence-corrected chi connectivity index (χ4v) is 13.6. The first-order chi connectivity index (χ1) is 47.1. The minimum absolute atomic E-state index is 0.201. The first kappa shape index (κ1) is 90.0. The average molecular weight is 1360 g/mol. The summed E-state index contributed by atoms with van der Waals surface area (Å²) < 4.78 is 23.0. The zero-order valence-electron chi connectivity index (χ0n) is 61.9. The summed E-state index contributed by atoms with van der Waals surface area (Å²) in [5.41, 5.74) is 0. The van der Waals surface area contributed by atoms with Crippen LogP contribution in [0.4, 0.5) is 0 Å². The molecule has 2 aliphatic rings. The number of rotatable bonds is 69. The molecule has 0 saturated carbocycles. The molecule has 0 radical (unpaired) electrons. The number of aliphatic hydroxyl groups excluding tert-OH is 8. The third kappa shape index (κ3) is 48.7.